The lowest BCUT2D eigenvalue weighted by molar-refractivity contribution is -0.139. The molecule has 1 fully saturated rings. The van der Waals surface area contributed by atoms with Crippen LogP contribution in [0.5, 0.6) is 0 Å². The number of nitrogens with zero attached hydrogens (tertiary/aromatic N) is 1. The fourth-order valence-corrected chi connectivity index (χ4v) is 1.89. The van der Waals surface area contributed by atoms with Gasteiger partial charge < -0.3 is 25.2 Å². The molecule has 18 heavy (non-hydrogen) atoms. The van der Waals surface area contributed by atoms with Crippen LogP contribution >= 0.6 is 0 Å². The third kappa shape index (κ3) is 3.85. The average molecular weight is 260 g/mol. The molecule has 1 heterocycles. The second kappa shape index (κ2) is 6.55. The Kier molecular flexibility index (Phi) is 5.36. The lowest BCUT2D eigenvalue weighted by atomic mass is 10.2. The Morgan fingerprint density at radius 3 is 2.67 bits per heavy atom. The summed E-state index contributed by atoms with van der Waals surface area (Å²) in [6, 6.07) is -1.32. The molecule has 1 rings (SSSR count). The van der Waals surface area contributed by atoms with Gasteiger partial charge in [-0.3, -0.25) is 0 Å². The Morgan fingerprint density at radius 1 is 1.50 bits per heavy atom. The predicted octanol–water partition coefficient (Wildman–Crippen LogP) is -0.359. The van der Waals surface area contributed by atoms with Crippen LogP contribution in [0.15, 0.2) is 0 Å². The lowest BCUT2D eigenvalue weighted by Gasteiger charge is -2.36. The quantitative estimate of drug-likeness (QED) is 0.641. The largest absolute Gasteiger partial charge is 0.480 e. The molecule has 1 aliphatic rings. The van der Waals surface area contributed by atoms with Gasteiger partial charge in [0.15, 0.2) is 0 Å². The minimum absolute atomic E-state index is 0.162. The van der Waals surface area contributed by atoms with Crippen molar-refractivity contribution in [2.75, 3.05) is 19.7 Å². The number of urea groups is 1. The predicted molar refractivity (Wildman–Crippen MR) is 63.2 cm³/mol. The fourth-order valence-electron chi connectivity index (χ4n) is 1.89. The summed E-state index contributed by atoms with van der Waals surface area (Å²) in [6.45, 7) is 3.99. The van der Waals surface area contributed by atoms with E-state index in [4.69, 9.17) is 14.9 Å². The SMILES string of the molecule is CC[C@@H](NC(=O)N1CC(C)OC(CO)C1)C(=O)O. The number of hydrogen-bond donors (Lipinski definition) is 3. The summed E-state index contributed by atoms with van der Waals surface area (Å²) >= 11 is 0. The Labute approximate surface area is 106 Å². The number of ether oxygens (including phenoxy) is 1. The van der Waals surface area contributed by atoms with Gasteiger partial charge in [0.05, 0.1) is 25.4 Å². The third-order valence-electron chi connectivity index (χ3n) is 2.82. The Balaban J connectivity index is 2.57. The average Bonchev–Trinajstić information content (AvgIpc) is 2.34. The van der Waals surface area contributed by atoms with E-state index in [1.165, 1.54) is 4.90 Å². The summed E-state index contributed by atoms with van der Waals surface area (Å²) in [7, 11) is 0. The van der Waals surface area contributed by atoms with E-state index in [9.17, 15) is 9.59 Å². The first-order chi connectivity index (χ1) is 8.47. The topological polar surface area (TPSA) is 99.1 Å². The maximum absolute atomic E-state index is 11.9. The zero-order valence-corrected chi connectivity index (χ0v) is 10.6. The molecule has 7 nitrogen and oxygen atoms in total. The number of carbonyl (C=O) groups excluding carboxylic acids is 1. The van der Waals surface area contributed by atoms with E-state index in [0.717, 1.165) is 0 Å². The molecule has 1 aliphatic heterocycles. The molecule has 0 aromatic carbocycles. The zero-order chi connectivity index (χ0) is 13.7. The van der Waals surface area contributed by atoms with Gasteiger partial charge in [-0.05, 0) is 13.3 Å². The normalized spacial score (nSPS) is 25.6. The van der Waals surface area contributed by atoms with Crippen molar-refractivity contribution in [3.8, 4) is 0 Å². The number of carboxylic acids is 1. The first-order valence-electron chi connectivity index (χ1n) is 6.02. The lowest BCUT2D eigenvalue weighted by Crippen LogP contribution is -2.55. The summed E-state index contributed by atoms with van der Waals surface area (Å²) in [5, 5.41) is 20.4. The van der Waals surface area contributed by atoms with E-state index >= 15 is 0 Å². The maximum atomic E-state index is 11.9. The summed E-state index contributed by atoms with van der Waals surface area (Å²) in [5.41, 5.74) is 0. The number of carboxylic acid groups (broad SMARTS) is 1. The van der Waals surface area contributed by atoms with Crippen LogP contribution in [-0.2, 0) is 9.53 Å². The van der Waals surface area contributed by atoms with Gasteiger partial charge >= 0.3 is 12.0 Å². The van der Waals surface area contributed by atoms with Crippen molar-refractivity contribution in [3.63, 3.8) is 0 Å². The Morgan fingerprint density at radius 2 is 2.17 bits per heavy atom. The molecule has 2 unspecified atom stereocenters. The number of amides is 2. The van der Waals surface area contributed by atoms with Gasteiger partial charge in [-0.1, -0.05) is 6.92 Å². The number of morpholine rings is 1. The number of nitrogens with one attached hydrogen (secondary N) is 1. The number of aliphatic hydroxyl groups is 1. The van der Waals surface area contributed by atoms with Gasteiger partial charge in [-0.2, -0.15) is 0 Å². The van der Waals surface area contributed by atoms with Crippen LogP contribution in [0, 0.1) is 0 Å². The van der Waals surface area contributed by atoms with Crippen molar-refractivity contribution in [3.05, 3.63) is 0 Å². The highest BCUT2D eigenvalue weighted by Crippen LogP contribution is 2.11. The number of rotatable bonds is 4. The van der Waals surface area contributed by atoms with Crippen molar-refractivity contribution in [1.29, 1.82) is 0 Å². The Hall–Kier alpha value is -1.34. The number of carbonyl (C=O) groups is 2. The van der Waals surface area contributed by atoms with Gasteiger partial charge in [0.2, 0.25) is 0 Å². The first kappa shape index (κ1) is 14.7. The van der Waals surface area contributed by atoms with E-state index in [0.29, 0.717) is 13.0 Å². The molecule has 2 amide bonds. The molecule has 0 saturated carbocycles. The highest BCUT2D eigenvalue weighted by atomic mass is 16.5. The summed E-state index contributed by atoms with van der Waals surface area (Å²) in [5.74, 6) is -1.05. The number of aliphatic hydroxyl groups excluding tert-OH is 1. The van der Waals surface area contributed by atoms with Crippen molar-refractivity contribution < 1.29 is 24.5 Å². The summed E-state index contributed by atoms with van der Waals surface area (Å²) < 4.78 is 5.41. The standard InChI is InChI=1S/C11H20N2O5/c1-3-9(10(15)16)12-11(17)13-4-7(2)18-8(5-13)6-14/h7-9,14H,3-6H2,1-2H3,(H,12,17)(H,15,16)/t7?,8?,9-/m1/s1. The minimum atomic E-state index is -1.05. The zero-order valence-electron chi connectivity index (χ0n) is 10.6. The van der Waals surface area contributed by atoms with Crippen LogP contribution in [0.3, 0.4) is 0 Å². The second-order valence-electron chi connectivity index (χ2n) is 4.40. The highest BCUT2D eigenvalue weighted by molar-refractivity contribution is 5.82. The van der Waals surface area contributed by atoms with Gasteiger partial charge in [0.1, 0.15) is 6.04 Å². The molecule has 0 aromatic heterocycles. The molecular formula is C11H20N2O5. The smallest absolute Gasteiger partial charge is 0.326 e. The maximum Gasteiger partial charge on any atom is 0.326 e. The van der Waals surface area contributed by atoms with Crippen molar-refractivity contribution >= 4 is 12.0 Å². The van der Waals surface area contributed by atoms with E-state index in [2.05, 4.69) is 5.32 Å². The number of hydrogen-bond acceptors (Lipinski definition) is 4. The number of aliphatic carboxylic acids is 1. The monoisotopic (exact) mass is 260 g/mol. The van der Waals surface area contributed by atoms with Gasteiger partial charge in [-0.25, -0.2) is 9.59 Å². The molecule has 1 saturated heterocycles. The van der Waals surface area contributed by atoms with Crippen molar-refractivity contribution in [2.45, 2.75) is 38.5 Å². The molecule has 0 spiro atoms. The van der Waals surface area contributed by atoms with E-state index in [-0.39, 0.29) is 19.3 Å². The molecule has 104 valence electrons. The van der Waals surface area contributed by atoms with Crippen LogP contribution in [0.2, 0.25) is 0 Å². The summed E-state index contributed by atoms with van der Waals surface area (Å²) in [4.78, 5) is 24.2. The molecule has 3 N–H and O–H groups in total. The van der Waals surface area contributed by atoms with Crippen LogP contribution in [-0.4, -0.2) is 65.1 Å². The molecule has 0 aliphatic carbocycles. The fraction of sp³-hybridized carbons (Fsp3) is 0.818. The molecule has 3 atom stereocenters. The third-order valence-corrected chi connectivity index (χ3v) is 2.82. The highest BCUT2D eigenvalue weighted by Gasteiger charge is 2.29. The molecule has 0 bridgehead atoms. The van der Waals surface area contributed by atoms with Crippen LogP contribution < -0.4 is 5.32 Å². The van der Waals surface area contributed by atoms with E-state index < -0.39 is 24.1 Å². The first-order valence-corrected chi connectivity index (χ1v) is 6.02. The molecular weight excluding hydrogens is 240 g/mol. The van der Waals surface area contributed by atoms with Gasteiger partial charge in [-0.15, -0.1) is 0 Å². The van der Waals surface area contributed by atoms with Crippen molar-refractivity contribution in [2.24, 2.45) is 0 Å². The van der Waals surface area contributed by atoms with Crippen LogP contribution in [0.1, 0.15) is 20.3 Å². The van der Waals surface area contributed by atoms with Gasteiger partial charge in [0.25, 0.3) is 0 Å². The minimum Gasteiger partial charge on any atom is -0.480 e. The van der Waals surface area contributed by atoms with Crippen LogP contribution in [0.25, 0.3) is 0 Å². The van der Waals surface area contributed by atoms with E-state index in [1.807, 2.05) is 0 Å². The van der Waals surface area contributed by atoms with Crippen molar-refractivity contribution in [1.82, 2.24) is 10.2 Å². The summed E-state index contributed by atoms with van der Waals surface area (Å²) in [6.07, 6.45) is -0.263. The van der Waals surface area contributed by atoms with Crippen LogP contribution in [0.4, 0.5) is 4.79 Å². The Bertz CT molecular complexity index is 310. The molecule has 0 aromatic rings. The molecule has 7 heteroatoms. The van der Waals surface area contributed by atoms with Gasteiger partial charge in [0, 0.05) is 6.54 Å². The molecule has 0 radical (unpaired) electrons. The van der Waals surface area contributed by atoms with E-state index in [1.54, 1.807) is 13.8 Å². The second-order valence-corrected chi connectivity index (χ2v) is 4.40.